The normalized spacial score (nSPS) is 11.4. The molecule has 1 amide bonds. The van der Waals surface area contributed by atoms with E-state index >= 15 is 0 Å². The molecule has 0 saturated heterocycles. The Morgan fingerprint density at radius 1 is 1.23 bits per heavy atom. The van der Waals surface area contributed by atoms with Gasteiger partial charge in [0.15, 0.2) is 5.13 Å². The van der Waals surface area contributed by atoms with Gasteiger partial charge in [-0.15, -0.1) is 0 Å². The zero-order chi connectivity index (χ0) is 20.9. The van der Waals surface area contributed by atoms with Gasteiger partial charge in [-0.3, -0.25) is 9.69 Å². The summed E-state index contributed by atoms with van der Waals surface area (Å²) in [4.78, 5) is 23.0. The predicted molar refractivity (Wildman–Crippen MR) is 119 cm³/mol. The van der Waals surface area contributed by atoms with Gasteiger partial charge in [0.1, 0.15) is 11.3 Å². The minimum Gasteiger partial charge on any atom is -0.337 e. The standard InChI is InChI=1S/C22H18ClFN4OS/c23-17-6-2-1-5-16(17)9-10-20(29)28(13-4-12-27-14-11-25-15-27)22-26-21-18(24)7-3-8-19(21)30-22/h1-3,5-11,14-15H,4,12-13H2/b10-9+. The second-order valence-corrected chi connectivity index (χ2v) is 8.00. The Labute approximate surface area is 182 Å². The number of benzene rings is 2. The number of para-hydroxylation sites is 1. The van der Waals surface area contributed by atoms with Crippen LogP contribution in [0.5, 0.6) is 0 Å². The molecule has 0 bridgehead atoms. The van der Waals surface area contributed by atoms with Gasteiger partial charge >= 0.3 is 0 Å². The van der Waals surface area contributed by atoms with Crippen molar-refractivity contribution >= 4 is 50.3 Å². The second kappa shape index (κ2) is 9.19. The Hall–Kier alpha value is -3.03. The SMILES string of the molecule is O=C(/C=C/c1ccccc1Cl)N(CCCn1ccnc1)c1nc2c(F)cccc2s1. The lowest BCUT2D eigenvalue weighted by molar-refractivity contribution is -0.114. The number of imidazole rings is 1. The van der Waals surface area contributed by atoms with Gasteiger partial charge in [-0.1, -0.05) is 47.2 Å². The highest BCUT2D eigenvalue weighted by molar-refractivity contribution is 7.22. The smallest absolute Gasteiger partial charge is 0.252 e. The van der Waals surface area contributed by atoms with E-state index in [1.807, 2.05) is 29.0 Å². The number of halogens is 2. The molecular weight excluding hydrogens is 423 g/mol. The lowest BCUT2D eigenvalue weighted by atomic mass is 10.2. The van der Waals surface area contributed by atoms with E-state index in [0.717, 1.165) is 5.56 Å². The Morgan fingerprint density at radius 2 is 2.10 bits per heavy atom. The molecule has 0 radical (unpaired) electrons. The summed E-state index contributed by atoms with van der Waals surface area (Å²) in [6.45, 7) is 1.14. The third-order valence-corrected chi connectivity index (χ3v) is 5.91. The van der Waals surface area contributed by atoms with Crippen LogP contribution in [-0.2, 0) is 11.3 Å². The summed E-state index contributed by atoms with van der Waals surface area (Å²) in [5.74, 6) is -0.632. The van der Waals surface area contributed by atoms with E-state index in [1.54, 1.807) is 41.7 Å². The third kappa shape index (κ3) is 4.58. The van der Waals surface area contributed by atoms with Crippen molar-refractivity contribution < 1.29 is 9.18 Å². The molecule has 0 atom stereocenters. The highest BCUT2D eigenvalue weighted by Gasteiger charge is 2.19. The average molecular weight is 441 g/mol. The number of aryl methyl sites for hydroxylation is 1. The molecule has 0 saturated carbocycles. The van der Waals surface area contributed by atoms with Crippen LogP contribution >= 0.6 is 22.9 Å². The molecule has 4 rings (SSSR count). The molecule has 4 aromatic rings. The molecule has 0 aliphatic rings. The summed E-state index contributed by atoms with van der Waals surface area (Å²) < 4.78 is 16.8. The van der Waals surface area contributed by atoms with Gasteiger partial charge in [-0.2, -0.15) is 0 Å². The van der Waals surface area contributed by atoms with E-state index in [-0.39, 0.29) is 11.4 Å². The molecule has 0 spiro atoms. The Balaban J connectivity index is 1.59. The first-order chi connectivity index (χ1) is 14.6. The molecule has 5 nitrogen and oxygen atoms in total. The van der Waals surface area contributed by atoms with Crippen LogP contribution in [0, 0.1) is 5.82 Å². The third-order valence-electron chi connectivity index (χ3n) is 4.52. The minimum atomic E-state index is -0.396. The van der Waals surface area contributed by atoms with E-state index in [0.29, 0.717) is 34.4 Å². The molecule has 2 aromatic carbocycles. The fourth-order valence-corrected chi connectivity index (χ4v) is 4.22. The first-order valence-electron chi connectivity index (χ1n) is 9.37. The number of thiazole rings is 1. The number of fused-ring (bicyclic) bond motifs is 1. The van der Waals surface area contributed by atoms with Crippen LogP contribution in [0.25, 0.3) is 16.3 Å². The van der Waals surface area contributed by atoms with Gasteiger partial charge < -0.3 is 4.57 Å². The van der Waals surface area contributed by atoms with E-state index in [4.69, 9.17) is 11.6 Å². The van der Waals surface area contributed by atoms with Gasteiger partial charge in [0.05, 0.1) is 11.0 Å². The van der Waals surface area contributed by atoms with Crippen LogP contribution in [0.2, 0.25) is 5.02 Å². The molecule has 0 aliphatic heterocycles. The summed E-state index contributed by atoms with van der Waals surface area (Å²) in [6, 6.07) is 12.1. The minimum absolute atomic E-state index is 0.236. The van der Waals surface area contributed by atoms with Crippen molar-refractivity contribution in [3.63, 3.8) is 0 Å². The van der Waals surface area contributed by atoms with Crippen molar-refractivity contribution in [3.8, 4) is 0 Å². The molecule has 30 heavy (non-hydrogen) atoms. The summed E-state index contributed by atoms with van der Waals surface area (Å²) in [7, 11) is 0. The monoisotopic (exact) mass is 440 g/mol. The van der Waals surface area contributed by atoms with E-state index < -0.39 is 5.82 Å². The molecule has 0 aliphatic carbocycles. The number of hydrogen-bond donors (Lipinski definition) is 0. The van der Waals surface area contributed by atoms with Gasteiger partial charge in [-0.05, 0) is 36.3 Å². The fourth-order valence-electron chi connectivity index (χ4n) is 3.01. The van der Waals surface area contributed by atoms with Crippen LogP contribution in [-0.4, -0.2) is 27.0 Å². The van der Waals surface area contributed by atoms with Crippen molar-refractivity contribution in [2.45, 2.75) is 13.0 Å². The van der Waals surface area contributed by atoms with Gasteiger partial charge in [0.2, 0.25) is 0 Å². The number of anilines is 1. The lowest BCUT2D eigenvalue weighted by Crippen LogP contribution is -2.30. The zero-order valence-corrected chi connectivity index (χ0v) is 17.5. The van der Waals surface area contributed by atoms with E-state index in [2.05, 4.69) is 9.97 Å². The topological polar surface area (TPSA) is 51.0 Å². The number of carbonyl (C=O) groups excluding carboxylic acids is 1. The number of carbonyl (C=O) groups is 1. The van der Waals surface area contributed by atoms with Crippen molar-refractivity contribution in [1.82, 2.24) is 14.5 Å². The largest absolute Gasteiger partial charge is 0.337 e. The summed E-state index contributed by atoms with van der Waals surface area (Å²) in [6.07, 6.45) is 9.17. The van der Waals surface area contributed by atoms with Gasteiger partial charge in [-0.25, -0.2) is 14.4 Å². The van der Waals surface area contributed by atoms with Crippen molar-refractivity contribution in [1.29, 1.82) is 0 Å². The summed E-state index contributed by atoms with van der Waals surface area (Å²) >= 11 is 7.47. The molecule has 0 N–H and O–H groups in total. The van der Waals surface area contributed by atoms with E-state index in [1.165, 1.54) is 23.5 Å². The maximum absolute atomic E-state index is 14.1. The Bertz CT molecular complexity index is 1190. The summed E-state index contributed by atoms with van der Waals surface area (Å²) in [5.41, 5.74) is 1.03. The number of rotatable bonds is 7. The molecule has 8 heteroatoms. The van der Waals surface area contributed by atoms with E-state index in [9.17, 15) is 9.18 Å². The summed E-state index contributed by atoms with van der Waals surface area (Å²) in [5, 5.41) is 1.03. The fraction of sp³-hybridized carbons (Fsp3) is 0.136. The van der Waals surface area contributed by atoms with Crippen LogP contribution in [0.3, 0.4) is 0 Å². The van der Waals surface area contributed by atoms with Gasteiger partial charge in [0.25, 0.3) is 5.91 Å². The first-order valence-corrected chi connectivity index (χ1v) is 10.6. The Kier molecular flexibility index (Phi) is 6.21. The molecule has 2 aromatic heterocycles. The highest BCUT2D eigenvalue weighted by atomic mass is 35.5. The number of aromatic nitrogens is 3. The molecule has 2 heterocycles. The maximum atomic E-state index is 14.1. The second-order valence-electron chi connectivity index (χ2n) is 6.58. The molecule has 0 fully saturated rings. The van der Waals surface area contributed by atoms with Gasteiger partial charge in [0, 0.05) is 36.6 Å². The zero-order valence-electron chi connectivity index (χ0n) is 15.9. The molecular formula is C22H18ClFN4OS. The lowest BCUT2D eigenvalue weighted by Gasteiger charge is -2.18. The van der Waals surface area contributed by atoms with Crippen LogP contribution in [0.1, 0.15) is 12.0 Å². The highest BCUT2D eigenvalue weighted by Crippen LogP contribution is 2.30. The van der Waals surface area contributed by atoms with Crippen molar-refractivity contribution in [2.24, 2.45) is 0 Å². The molecule has 0 unspecified atom stereocenters. The number of nitrogens with zero attached hydrogens (tertiary/aromatic N) is 4. The van der Waals surface area contributed by atoms with Crippen LogP contribution < -0.4 is 4.90 Å². The maximum Gasteiger partial charge on any atom is 0.252 e. The van der Waals surface area contributed by atoms with Crippen molar-refractivity contribution in [2.75, 3.05) is 11.4 Å². The number of amides is 1. The first kappa shape index (κ1) is 20.3. The predicted octanol–water partition coefficient (Wildman–Crippen LogP) is 5.42. The van der Waals surface area contributed by atoms with Crippen LogP contribution in [0.15, 0.2) is 67.3 Å². The average Bonchev–Trinajstić information content (AvgIpc) is 3.41. The van der Waals surface area contributed by atoms with Crippen LogP contribution in [0.4, 0.5) is 9.52 Å². The number of hydrogen-bond acceptors (Lipinski definition) is 4. The quantitative estimate of drug-likeness (QED) is 0.360. The molecule has 152 valence electrons. The van der Waals surface area contributed by atoms with Crippen molar-refractivity contribution in [3.05, 3.63) is 83.7 Å². The Morgan fingerprint density at radius 3 is 2.87 bits per heavy atom.